The standard InChI is InChI=1S/C32H38Br2N6O5/c33-25-18-23(19-26(34)29(25)41)20-27(35)30(42)38-28(8-4-5-11-37-32(44)45-21-22-6-2-1-3-7-22)31(43)40-16-14-39(15-17-40)24-9-12-36-13-10-24/h1-3,6-7,9-10,12-13,18-19,27-28,41H,4-5,8,11,14-17,20-21,35H2,(H,37,44)(H,38,42)/t27?,28-/m0/s1. The van der Waals surface area contributed by atoms with Gasteiger partial charge in [0.25, 0.3) is 0 Å². The largest absolute Gasteiger partial charge is 0.506 e. The number of phenols is 1. The Morgan fingerprint density at radius 2 is 1.62 bits per heavy atom. The Morgan fingerprint density at radius 1 is 0.956 bits per heavy atom. The van der Waals surface area contributed by atoms with Crippen molar-refractivity contribution in [2.45, 2.75) is 44.4 Å². The number of anilines is 1. The van der Waals surface area contributed by atoms with Crippen molar-refractivity contribution in [2.75, 3.05) is 37.6 Å². The van der Waals surface area contributed by atoms with Crippen LogP contribution < -0.4 is 21.3 Å². The van der Waals surface area contributed by atoms with Crippen LogP contribution in [0.3, 0.4) is 0 Å². The number of nitrogens with zero attached hydrogens (tertiary/aromatic N) is 3. The van der Waals surface area contributed by atoms with E-state index in [9.17, 15) is 19.5 Å². The molecule has 0 aliphatic carbocycles. The predicted octanol–water partition coefficient (Wildman–Crippen LogP) is 4.11. The number of carbonyl (C=O) groups is 3. The molecule has 1 aliphatic rings. The Labute approximate surface area is 279 Å². The molecule has 1 aliphatic heterocycles. The van der Waals surface area contributed by atoms with Crippen LogP contribution in [0, 0.1) is 0 Å². The van der Waals surface area contributed by atoms with Crippen LogP contribution in [0.5, 0.6) is 5.75 Å². The zero-order valence-corrected chi connectivity index (χ0v) is 28.0. The van der Waals surface area contributed by atoms with E-state index in [1.54, 1.807) is 29.4 Å². The second-order valence-electron chi connectivity index (χ2n) is 10.8. The number of nitrogens with one attached hydrogen (secondary N) is 2. The predicted molar refractivity (Wildman–Crippen MR) is 179 cm³/mol. The zero-order chi connectivity index (χ0) is 32.2. The van der Waals surface area contributed by atoms with Crippen LogP contribution >= 0.6 is 31.9 Å². The monoisotopic (exact) mass is 744 g/mol. The first kappa shape index (κ1) is 34.2. The number of alkyl carbamates (subject to hydrolysis) is 1. The summed E-state index contributed by atoms with van der Waals surface area (Å²) in [6.45, 7) is 2.91. The SMILES string of the molecule is NC(Cc1cc(Br)c(O)c(Br)c1)C(=O)N[C@@H](CCCCNC(=O)OCc1ccccc1)C(=O)N1CCN(c2ccncc2)CC1. The average molecular weight is 747 g/mol. The minimum Gasteiger partial charge on any atom is -0.506 e. The van der Waals surface area contributed by atoms with Gasteiger partial charge in [0.2, 0.25) is 11.8 Å². The number of amides is 3. The van der Waals surface area contributed by atoms with Crippen LogP contribution in [-0.4, -0.2) is 77.7 Å². The van der Waals surface area contributed by atoms with E-state index in [0.29, 0.717) is 60.9 Å². The zero-order valence-electron chi connectivity index (χ0n) is 24.8. The number of hydrogen-bond donors (Lipinski definition) is 4. The molecule has 5 N–H and O–H groups in total. The number of piperazine rings is 1. The molecule has 13 heteroatoms. The van der Waals surface area contributed by atoms with Crippen molar-refractivity contribution >= 4 is 55.5 Å². The van der Waals surface area contributed by atoms with Gasteiger partial charge in [-0.05, 0) is 92.9 Å². The molecule has 2 heterocycles. The lowest BCUT2D eigenvalue weighted by atomic mass is 10.0. The number of carbonyl (C=O) groups excluding carboxylic acids is 3. The van der Waals surface area contributed by atoms with E-state index in [-0.39, 0.29) is 24.7 Å². The lowest BCUT2D eigenvalue weighted by molar-refractivity contribution is -0.137. The molecule has 11 nitrogen and oxygen atoms in total. The number of ether oxygens (including phenoxy) is 1. The number of hydrogen-bond acceptors (Lipinski definition) is 8. The van der Waals surface area contributed by atoms with E-state index >= 15 is 0 Å². The summed E-state index contributed by atoms with van der Waals surface area (Å²) in [5.41, 5.74) is 8.97. The number of halogens is 2. The van der Waals surface area contributed by atoms with Gasteiger partial charge in [-0.1, -0.05) is 30.3 Å². The topological polar surface area (TPSA) is 150 Å². The molecule has 0 saturated carbocycles. The highest BCUT2D eigenvalue weighted by atomic mass is 79.9. The summed E-state index contributed by atoms with van der Waals surface area (Å²) >= 11 is 6.61. The van der Waals surface area contributed by atoms with Gasteiger partial charge in [-0.15, -0.1) is 0 Å². The summed E-state index contributed by atoms with van der Waals surface area (Å²) in [6, 6.07) is 15.0. The maximum atomic E-state index is 13.7. The molecule has 1 aromatic heterocycles. The molecular formula is C32H38Br2N6O5. The van der Waals surface area contributed by atoms with Crippen molar-refractivity contribution in [2.24, 2.45) is 5.73 Å². The van der Waals surface area contributed by atoms with Crippen LogP contribution in [0.15, 0.2) is 75.9 Å². The first-order chi connectivity index (χ1) is 21.7. The Hall–Kier alpha value is -3.68. The second kappa shape index (κ2) is 17.1. The Morgan fingerprint density at radius 3 is 2.29 bits per heavy atom. The number of unbranched alkanes of at least 4 members (excludes halogenated alkanes) is 1. The summed E-state index contributed by atoms with van der Waals surface area (Å²) in [5, 5.41) is 15.6. The minimum absolute atomic E-state index is 0.0606. The molecule has 4 rings (SSSR count). The van der Waals surface area contributed by atoms with Crippen LogP contribution in [0.25, 0.3) is 0 Å². The molecule has 1 unspecified atom stereocenters. The summed E-state index contributed by atoms with van der Waals surface area (Å²) < 4.78 is 6.22. The number of phenolic OH excluding ortho intramolecular Hbond substituents is 1. The highest BCUT2D eigenvalue weighted by Gasteiger charge is 2.30. The Bertz CT molecular complexity index is 1400. The molecule has 1 fully saturated rings. The van der Waals surface area contributed by atoms with Gasteiger partial charge in [0.1, 0.15) is 18.4 Å². The van der Waals surface area contributed by atoms with Crippen LogP contribution in [-0.2, 0) is 27.4 Å². The molecule has 3 amide bonds. The third kappa shape index (κ3) is 10.4. The first-order valence-electron chi connectivity index (χ1n) is 14.8. The van der Waals surface area contributed by atoms with Gasteiger partial charge in [0, 0.05) is 50.8 Å². The van der Waals surface area contributed by atoms with Gasteiger partial charge in [-0.25, -0.2) is 4.79 Å². The fraction of sp³-hybridized carbons (Fsp3) is 0.375. The molecule has 45 heavy (non-hydrogen) atoms. The maximum absolute atomic E-state index is 13.7. The van der Waals surface area contributed by atoms with Gasteiger partial charge in [0.05, 0.1) is 15.0 Å². The lowest BCUT2D eigenvalue weighted by Gasteiger charge is -2.37. The lowest BCUT2D eigenvalue weighted by Crippen LogP contribution is -2.57. The quantitative estimate of drug-likeness (QED) is 0.191. The molecule has 240 valence electrons. The number of aromatic nitrogens is 1. The fourth-order valence-electron chi connectivity index (χ4n) is 5.02. The van der Waals surface area contributed by atoms with Gasteiger partial charge in [0.15, 0.2) is 0 Å². The smallest absolute Gasteiger partial charge is 0.407 e. The third-order valence-electron chi connectivity index (χ3n) is 7.50. The van der Waals surface area contributed by atoms with E-state index in [1.165, 1.54) is 0 Å². The fourth-order valence-corrected chi connectivity index (χ4v) is 6.30. The normalized spacial score (nSPS) is 14.4. The summed E-state index contributed by atoms with van der Waals surface area (Å²) in [7, 11) is 0. The first-order valence-corrected chi connectivity index (χ1v) is 16.4. The van der Waals surface area contributed by atoms with Crippen molar-refractivity contribution in [3.8, 4) is 5.75 Å². The molecule has 2 aromatic carbocycles. The van der Waals surface area contributed by atoms with Crippen LogP contribution in [0.2, 0.25) is 0 Å². The average Bonchev–Trinajstić information content (AvgIpc) is 3.06. The summed E-state index contributed by atoms with van der Waals surface area (Å²) in [6.07, 6.45) is 4.76. The van der Waals surface area contributed by atoms with Crippen LogP contribution in [0.4, 0.5) is 10.5 Å². The highest BCUT2D eigenvalue weighted by molar-refractivity contribution is 9.11. The second-order valence-corrected chi connectivity index (χ2v) is 12.5. The molecule has 2 atom stereocenters. The number of nitrogens with two attached hydrogens (primary N) is 1. The van der Waals surface area contributed by atoms with Gasteiger partial charge >= 0.3 is 6.09 Å². The molecular weight excluding hydrogens is 708 g/mol. The van der Waals surface area contributed by atoms with Gasteiger partial charge in [-0.3, -0.25) is 14.6 Å². The van der Waals surface area contributed by atoms with E-state index in [4.69, 9.17) is 10.5 Å². The number of pyridine rings is 1. The minimum atomic E-state index is -0.909. The van der Waals surface area contributed by atoms with Crippen molar-refractivity contribution in [3.63, 3.8) is 0 Å². The van der Waals surface area contributed by atoms with E-state index in [0.717, 1.165) is 16.8 Å². The summed E-state index contributed by atoms with van der Waals surface area (Å²) in [5.74, 6) is -0.535. The molecule has 3 aromatic rings. The molecule has 0 radical (unpaired) electrons. The third-order valence-corrected chi connectivity index (χ3v) is 8.71. The molecule has 1 saturated heterocycles. The van der Waals surface area contributed by atoms with Crippen LogP contribution in [0.1, 0.15) is 30.4 Å². The number of aromatic hydroxyl groups is 1. The Kier molecular flexibility index (Phi) is 13.0. The van der Waals surface area contributed by atoms with E-state index in [2.05, 4.69) is 52.4 Å². The van der Waals surface area contributed by atoms with Gasteiger partial charge < -0.3 is 36.0 Å². The van der Waals surface area contributed by atoms with Crippen molar-refractivity contribution in [1.82, 2.24) is 20.5 Å². The highest BCUT2D eigenvalue weighted by Crippen LogP contribution is 2.33. The van der Waals surface area contributed by atoms with Crippen molar-refractivity contribution in [1.29, 1.82) is 0 Å². The summed E-state index contributed by atoms with van der Waals surface area (Å²) in [4.78, 5) is 47.1. The maximum Gasteiger partial charge on any atom is 0.407 e. The van der Waals surface area contributed by atoms with E-state index in [1.807, 2.05) is 42.5 Å². The molecule has 0 spiro atoms. The van der Waals surface area contributed by atoms with E-state index < -0.39 is 24.1 Å². The molecule has 0 bridgehead atoms. The van der Waals surface area contributed by atoms with Crippen molar-refractivity contribution < 1.29 is 24.2 Å². The van der Waals surface area contributed by atoms with Crippen molar-refractivity contribution in [3.05, 3.63) is 87.1 Å². The Balaban J connectivity index is 1.31. The number of benzene rings is 2. The number of rotatable bonds is 13. The van der Waals surface area contributed by atoms with Gasteiger partial charge in [-0.2, -0.15) is 0 Å².